The molecule has 0 aromatic carbocycles. The predicted molar refractivity (Wildman–Crippen MR) is 43.2 cm³/mol. The molecule has 0 spiro atoms. The van der Waals surface area contributed by atoms with Crippen molar-refractivity contribution in [3.8, 4) is 0 Å². The minimum Gasteiger partial charge on any atom is -0.302 e. The first-order chi connectivity index (χ1) is 5.07. The van der Waals surface area contributed by atoms with E-state index in [0.29, 0.717) is 23.5 Å². The van der Waals surface area contributed by atoms with E-state index in [1.165, 1.54) is 0 Å². The van der Waals surface area contributed by atoms with E-state index in [9.17, 15) is 8.42 Å². The lowest BCUT2D eigenvalue weighted by Crippen LogP contribution is -2.33. The first-order valence-electron chi connectivity index (χ1n) is 3.97. The molecule has 3 nitrogen and oxygen atoms in total. The van der Waals surface area contributed by atoms with Crippen molar-refractivity contribution in [3.63, 3.8) is 0 Å². The number of hydrogen-bond acceptors (Lipinski definition) is 3. The third kappa shape index (κ3) is 1.29. The molecule has 2 fully saturated rings. The molecule has 2 bridgehead atoms. The quantitative estimate of drug-likeness (QED) is 0.509. The van der Waals surface area contributed by atoms with Gasteiger partial charge in [0.1, 0.15) is 0 Å². The molecule has 0 aromatic heterocycles. The molecule has 0 aliphatic carbocycles. The van der Waals surface area contributed by atoms with E-state index in [1.54, 1.807) is 0 Å². The Morgan fingerprint density at radius 2 is 2.09 bits per heavy atom. The average Bonchev–Trinajstić information content (AvgIpc) is 2.05. The van der Waals surface area contributed by atoms with E-state index in [4.69, 9.17) is 0 Å². The normalized spacial score (nSPS) is 42.6. The third-order valence-electron chi connectivity index (χ3n) is 2.71. The Hall–Kier alpha value is -0.0900. The largest absolute Gasteiger partial charge is 0.302 e. The number of fused-ring (bicyclic) bond motifs is 2. The number of rotatable bonds is 0. The molecule has 0 radical (unpaired) electrons. The van der Waals surface area contributed by atoms with E-state index in [2.05, 4.69) is 4.90 Å². The van der Waals surface area contributed by atoms with E-state index >= 15 is 0 Å². The monoisotopic (exact) mass is 175 g/mol. The van der Waals surface area contributed by atoms with Gasteiger partial charge in [0, 0.05) is 12.6 Å². The van der Waals surface area contributed by atoms with Crippen LogP contribution in [0, 0.1) is 5.92 Å². The minimum absolute atomic E-state index is 0.318. The highest BCUT2D eigenvalue weighted by Gasteiger charge is 2.39. The highest BCUT2D eigenvalue weighted by molar-refractivity contribution is 7.91. The molecule has 4 heteroatoms. The van der Waals surface area contributed by atoms with Crippen LogP contribution in [0.2, 0.25) is 0 Å². The molecule has 2 rings (SSSR count). The van der Waals surface area contributed by atoms with Gasteiger partial charge in [-0.15, -0.1) is 0 Å². The van der Waals surface area contributed by atoms with Crippen LogP contribution in [0.1, 0.15) is 6.42 Å². The van der Waals surface area contributed by atoms with Crippen LogP contribution in [0.5, 0.6) is 0 Å². The Morgan fingerprint density at radius 1 is 1.36 bits per heavy atom. The van der Waals surface area contributed by atoms with Crippen molar-refractivity contribution in [2.45, 2.75) is 12.5 Å². The maximum atomic E-state index is 11.2. The summed E-state index contributed by atoms with van der Waals surface area (Å²) in [5.74, 6) is 1.23. The summed E-state index contributed by atoms with van der Waals surface area (Å²) in [6, 6.07) is 0.318. The molecule has 2 atom stereocenters. The lowest BCUT2D eigenvalue weighted by atomic mass is 10.1. The first-order valence-corrected chi connectivity index (χ1v) is 5.79. The topological polar surface area (TPSA) is 37.4 Å². The van der Waals surface area contributed by atoms with Gasteiger partial charge in [0.15, 0.2) is 9.84 Å². The van der Waals surface area contributed by atoms with Crippen LogP contribution in [-0.2, 0) is 9.84 Å². The summed E-state index contributed by atoms with van der Waals surface area (Å²) in [4.78, 5) is 2.18. The van der Waals surface area contributed by atoms with Crippen LogP contribution in [-0.4, -0.2) is 44.5 Å². The van der Waals surface area contributed by atoms with Crippen molar-refractivity contribution >= 4 is 9.84 Å². The highest BCUT2D eigenvalue weighted by atomic mass is 32.2. The van der Waals surface area contributed by atoms with Gasteiger partial charge in [-0.1, -0.05) is 0 Å². The Bertz CT molecular complexity index is 258. The summed E-state index contributed by atoms with van der Waals surface area (Å²) in [7, 11) is -0.674. The number of nitrogens with zero attached hydrogens (tertiary/aromatic N) is 1. The molecule has 2 aliphatic rings. The standard InChI is InChI=1S/C7H13NO2S/c1-8-3-6-2-7(8)5-11(9,10)4-6/h6-7H,2-5H2,1H3. The summed E-state index contributed by atoms with van der Waals surface area (Å²) >= 11 is 0. The summed E-state index contributed by atoms with van der Waals surface area (Å²) in [6.07, 6.45) is 1.09. The summed E-state index contributed by atoms with van der Waals surface area (Å²) in [6.45, 7) is 0.976. The lowest BCUT2D eigenvalue weighted by Gasteiger charge is -2.20. The van der Waals surface area contributed by atoms with Crippen LogP contribution in [0.3, 0.4) is 0 Å². The van der Waals surface area contributed by atoms with E-state index in [-0.39, 0.29) is 0 Å². The summed E-state index contributed by atoms with van der Waals surface area (Å²) in [5, 5.41) is 0. The van der Waals surface area contributed by atoms with E-state index in [0.717, 1.165) is 13.0 Å². The smallest absolute Gasteiger partial charge is 0.152 e. The molecular weight excluding hydrogens is 162 g/mol. The fourth-order valence-electron chi connectivity index (χ4n) is 2.23. The van der Waals surface area contributed by atoms with Gasteiger partial charge in [-0.2, -0.15) is 0 Å². The van der Waals surface area contributed by atoms with Gasteiger partial charge in [-0.25, -0.2) is 8.42 Å². The molecule has 0 aromatic rings. The molecule has 2 aliphatic heterocycles. The molecule has 0 N–H and O–H groups in total. The van der Waals surface area contributed by atoms with Gasteiger partial charge in [0.25, 0.3) is 0 Å². The Kier molecular flexibility index (Phi) is 1.51. The lowest BCUT2D eigenvalue weighted by molar-refractivity contribution is 0.332. The fraction of sp³-hybridized carbons (Fsp3) is 1.00. The fourth-order valence-corrected chi connectivity index (χ4v) is 4.30. The minimum atomic E-state index is -2.69. The van der Waals surface area contributed by atoms with Crippen molar-refractivity contribution in [2.75, 3.05) is 25.1 Å². The molecule has 2 saturated heterocycles. The number of sulfone groups is 1. The SMILES string of the molecule is CN1CC2CC1CS(=O)(=O)C2. The summed E-state index contributed by atoms with van der Waals surface area (Å²) < 4.78 is 22.5. The average molecular weight is 175 g/mol. The van der Waals surface area contributed by atoms with Gasteiger partial charge >= 0.3 is 0 Å². The van der Waals surface area contributed by atoms with Crippen LogP contribution >= 0.6 is 0 Å². The molecule has 64 valence electrons. The van der Waals surface area contributed by atoms with Gasteiger partial charge in [0.2, 0.25) is 0 Å². The van der Waals surface area contributed by atoms with Crippen LogP contribution in [0.25, 0.3) is 0 Å². The molecule has 2 unspecified atom stereocenters. The maximum Gasteiger partial charge on any atom is 0.152 e. The van der Waals surface area contributed by atoms with Crippen molar-refractivity contribution in [1.82, 2.24) is 4.90 Å². The zero-order chi connectivity index (χ0) is 8.06. The van der Waals surface area contributed by atoms with Crippen molar-refractivity contribution in [1.29, 1.82) is 0 Å². The predicted octanol–water partition coefficient (Wildman–Crippen LogP) is -0.265. The second-order valence-electron chi connectivity index (χ2n) is 3.77. The van der Waals surface area contributed by atoms with Gasteiger partial charge in [-0.3, -0.25) is 0 Å². The zero-order valence-corrected chi connectivity index (χ0v) is 7.47. The Labute approximate surface area is 67.3 Å². The Morgan fingerprint density at radius 3 is 2.73 bits per heavy atom. The van der Waals surface area contributed by atoms with Gasteiger partial charge in [0.05, 0.1) is 11.5 Å². The zero-order valence-electron chi connectivity index (χ0n) is 6.66. The van der Waals surface area contributed by atoms with Crippen LogP contribution < -0.4 is 0 Å². The number of likely N-dealkylation sites (tertiary alicyclic amines) is 1. The first kappa shape index (κ1) is 7.55. The van der Waals surface area contributed by atoms with Crippen LogP contribution in [0.15, 0.2) is 0 Å². The summed E-state index contributed by atoms with van der Waals surface area (Å²) in [5.41, 5.74) is 0. The van der Waals surface area contributed by atoms with Crippen LogP contribution in [0.4, 0.5) is 0 Å². The molecular formula is C7H13NO2S. The Balaban J connectivity index is 2.25. The van der Waals surface area contributed by atoms with Crippen molar-refractivity contribution in [2.24, 2.45) is 5.92 Å². The molecule has 2 heterocycles. The maximum absolute atomic E-state index is 11.2. The molecule has 11 heavy (non-hydrogen) atoms. The highest BCUT2D eigenvalue weighted by Crippen LogP contribution is 2.29. The second kappa shape index (κ2) is 2.20. The van der Waals surface area contributed by atoms with Crippen molar-refractivity contribution in [3.05, 3.63) is 0 Å². The van der Waals surface area contributed by atoms with E-state index in [1.807, 2.05) is 7.05 Å². The number of hydrogen-bond donors (Lipinski definition) is 0. The van der Waals surface area contributed by atoms with Gasteiger partial charge < -0.3 is 4.90 Å². The van der Waals surface area contributed by atoms with E-state index < -0.39 is 9.84 Å². The third-order valence-corrected chi connectivity index (χ3v) is 4.58. The van der Waals surface area contributed by atoms with Crippen molar-refractivity contribution < 1.29 is 8.42 Å². The molecule has 0 saturated carbocycles. The molecule has 0 amide bonds. The second-order valence-corrected chi connectivity index (χ2v) is 5.93. The van der Waals surface area contributed by atoms with Gasteiger partial charge in [-0.05, 0) is 19.4 Å².